The first kappa shape index (κ1) is 29.1. The molecule has 0 radical (unpaired) electrons. The largest absolute Gasteiger partial charge is 0.465 e. The molecule has 0 saturated heterocycles. The van der Waals surface area contributed by atoms with Crippen LogP contribution in [0.1, 0.15) is 37.0 Å². The molecule has 0 aliphatic carbocycles. The number of hydrogen-bond donors (Lipinski definition) is 1. The summed E-state index contributed by atoms with van der Waals surface area (Å²) < 4.78 is 36.9. The number of rotatable bonds is 11. The van der Waals surface area contributed by atoms with Crippen molar-refractivity contribution in [3.8, 4) is 0 Å². The van der Waals surface area contributed by atoms with Crippen molar-refractivity contribution < 1.29 is 32.3 Å². The van der Waals surface area contributed by atoms with Gasteiger partial charge >= 0.3 is 11.9 Å². The number of hydrogen-bond acceptors (Lipinski definition) is 11. The zero-order chi connectivity index (χ0) is 28.0. The van der Waals surface area contributed by atoms with E-state index < -0.39 is 27.7 Å². The normalized spacial score (nSPS) is 11.2. The van der Waals surface area contributed by atoms with Gasteiger partial charge in [-0.2, -0.15) is 0 Å². The molecule has 0 aliphatic rings. The molecular formula is C24H26N4O7S3. The lowest BCUT2D eigenvalue weighted by atomic mass is 10.1. The lowest BCUT2D eigenvalue weighted by Gasteiger charge is -2.09. The Bertz CT molecular complexity index is 1480. The Morgan fingerprint density at radius 3 is 2.37 bits per heavy atom. The Labute approximate surface area is 228 Å². The summed E-state index contributed by atoms with van der Waals surface area (Å²) in [5.74, 6) is -2.14. The van der Waals surface area contributed by atoms with Crippen molar-refractivity contribution in [2.75, 3.05) is 25.3 Å². The van der Waals surface area contributed by atoms with Gasteiger partial charge in [-0.3, -0.25) is 4.79 Å². The van der Waals surface area contributed by atoms with Crippen LogP contribution in [0.4, 0.5) is 5.00 Å². The fraction of sp³-hybridized carbons (Fsp3) is 0.292. The van der Waals surface area contributed by atoms with Crippen LogP contribution in [0.2, 0.25) is 0 Å². The van der Waals surface area contributed by atoms with Crippen LogP contribution in [0.5, 0.6) is 0 Å². The van der Waals surface area contributed by atoms with Gasteiger partial charge < -0.3 is 19.4 Å². The van der Waals surface area contributed by atoms with Crippen LogP contribution in [0.3, 0.4) is 0 Å². The van der Waals surface area contributed by atoms with Crippen LogP contribution >= 0.6 is 23.1 Å². The molecule has 3 rings (SSSR count). The highest BCUT2D eigenvalue weighted by Gasteiger charge is 2.27. The van der Waals surface area contributed by atoms with Gasteiger partial charge in [0.25, 0.3) is 0 Å². The van der Waals surface area contributed by atoms with Gasteiger partial charge in [-0.1, -0.05) is 35.5 Å². The van der Waals surface area contributed by atoms with Gasteiger partial charge in [0.15, 0.2) is 15.0 Å². The quantitative estimate of drug-likeness (QED) is 0.204. The molecule has 2 heterocycles. The minimum atomic E-state index is -3.68. The van der Waals surface area contributed by atoms with Gasteiger partial charge in [-0.25, -0.2) is 18.0 Å². The van der Waals surface area contributed by atoms with E-state index in [1.165, 1.54) is 14.2 Å². The average molecular weight is 579 g/mol. The number of thioether (sulfide) groups is 1. The third-order valence-electron chi connectivity index (χ3n) is 5.30. The van der Waals surface area contributed by atoms with Crippen molar-refractivity contribution in [3.05, 3.63) is 64.3 Å². The Morgan fingerprint density at radius 1 is 1.11 bits per heavy atom. The number of benzene rings is 1. The molecule has 0 saturated carbocycles. The fourth-order valence-electron chi connectivity index (χ4n) is 3.37. The third kappa shape index (κ3) is 6.49. The second-order valence-electron chi connectivity index (χ2n) is 7.95. The zero-order valence-corrected chi connectivity index (χ0v) is 23.6. The van der Waals surface area contributed by atoms with Gasteiger partial charge in [-0.05, 0) is 31.5 Å². The summed E-state index contributed by atoms with van der Waals surface area (Å²) in [4.78, 5) is 37.4. The highest BCUT2D eigenvalue weighted by Crippen LogP contribution is 2.34. The predicted molar refractivity (Wildman–Crippen MR) is 143 cm³/mol. The first-order valence-corrected chi connectivity index (χ1v) is 14.5. The minimum absolute atomic E-state index is 0.0645. The van der Waals surface area contributed by atoms with Crippen molar-refractivity contribution in [2.24, 2.45) is 0 Å². The number of anilines is 1. The number of aryl methyl sites for hydroxylation is 1. The number of ether oxygens (including phenoxy) is 2. The van der Waals surface area contributed by atoms with Crippen LogP contribution in [0.25, 0.3) is 0 Å². The molecule has 14 heteroatoms. The molecule has 1 amide bonds. The number of sulfone groups is 1. The Morgan fingerprint density at radius 2 is 1.76 bits per heavy atom. The summed E-state index contributed by atoms with van der Waals surface area (Å²) in [6.45, 7) is 7.36. The Kier molecular flexibility index (Phi) is 9.46. The average Bonchev–Trinajstić information content (AvgIpc) is 3.41. The second-order valence-corrected chi connectivity index (χ2v) is 11.9. The predicted octanol–water partition coefficient (Wildman–Crippen LogP) is 3.42. The molecule has 38 heavy (non-hydrogen) atoms. The molecule has 0 fully saturated rings. The summed E-state index contributed by atoms with van der Waals surface area (Å²) in [6, 6.07) is 6.52. The van der Waals surface area contributed by atoms with Crippen molar-refractivity contribution in [2.45, 2.75) is 36.2 Å². The van der Waals surface area contributed by atoms with E-state index in [1.54, 1.807) is 41.8 Å². The van der Waals surface area contributed by atoms with Crippen LogP contribution in [-0.4, -0.2) is 61.0 Å². The smallest absolute Gasteiger partial charge is 0.348 e. The molecule has 0 aliphatic heterocycles. The Balaban J connectivity index is 1.78. The number of carbonyl (C=O) groups is 3. The zero-order valence-electron chi connectivity index (χ0n) is 21.1. The number of carbonyl (C=O) groups excluding carboxylic acids is 3. The van der Waals surface area contributed by atoms with E-state index >= 15 is 0 Å². The molecule has 2 aromatic heterocycles. The summed E-state index contributed by atoms with van der Waals surface area (Å²) in [5, 5.41) is 11.2. The number of allylic oxidation sites excluding steroid dienone is 1. The van der Waals surface area contributed by atoms with Crippen molar-refractivity contribution in [3.63, 3.8) is 0 Å². The van der Waals surface area contributed by atoms with E-state index in [0.717, 1.165) is 28.7 Å². The monoisotopic (exact) mass is 578 g/mol. The van der Waals surface area contributed by atoms with Crippen LogP contribution < -0.4 is 5.32 Å². The minimum Gasteiger partial charge on any atom is -0.465 e. The first-order chi connectivity index (χ1) is 18.0. The number of aromatic nitrogens is 3. The van der Waals surface area contributed by atoms with Crippen molar-refractivity contribution in [1.82, 2.24) is 14.8 Å². The topological polar surface area (TPSA) is 147 Å². The lowest BCUT2D eigenvalue weighted by molar-refractivity contribution is -0.113. The number of methoxy groups -OCH3 is 2. The molecule has 1 aromatic carbocycles. The molecule has 0 bridgehead atoms. The van der Waals surface area contributed by atoms with Crippen molar-refractivity contribution >= 4 is 55.8 Å². The number of thiophene rings is 1. The van der Waals surface area contributed by atoms with Gasteiger partial charge in [0.1, 0.15) is 21.5 Å². The van der Waals surface area contributed by atoms with Crippen LogP contribution in [0, 0.1) is 13.8 Å². The SMILES string of the molecule is C=CCn1c(CS(=O)(=O)c2ccc(C)cc2)nnc1SCC(=O)Nc1sc(C(=O)OC)c(C)c1C(=O)OC. The highest BCUT2D eigenvalue weighted by molar-refractivity contribution is 7.99. The van der Waals surface area contributed by atoms with E-state index in [9.17, 15) is 22.8 Å². The molecule has 0 atom stereocenters. The number of esters is 2. The standard InChI is InChI=1S/C24H26N4O7S3/c1-6-11-28-17(13-38(32,33)16-9-7-14(2)8-10-16)26-27-24(28)36-12-18(29)25-21-19(22(30)34-4)15(3)20(37-21)23(31)35-5/h6-10H,1,11-13H2,2-5H3,(H,25,29). The van der Waals surface area contributed by atoms with Crippen LogP contribution in [-0.2, 0) is 36.4 Å². The number of nitrogens with one attached hydrogen (secondary N) is 1. The van der Waals surface area contributed by atoms with E-state index in [1.807, 2.05) is 6.92 Å². The maximum absolute atomic E-state index is 12.9. The van der Waals surface area contributed by atoms with E-state index in [2.05, 4.69) is 22.1 Å². The fourth-order valence-corrected chi connectivity index (χ4v) is 6.54. The van der Waals surface area contributed by atoms with E-state index in [4.69, 9.17) is 9.47 Å². The Hall–Kier alpha value is -3.49. The second kappa shape index (κ2) is 12.4. The molecule has 3 aromatic rings. The van der Waals surface area contributed by atoms with Crippen molar-refractivity contribution in [1.29, 1.82) is 0 Å². The molecule has 1 N–H and O–H groups in total. The van der Waals surface area contributed by atoms with Gasteiger partial charge in [-0.15, -0.1) is 28.1 Å². The third-order valence-corrected chi connectivity index (χ3v) is 9.08. The molecule has 202 valence electrons. The summed E-state index contributed by atoms with van der Waals surface area (Å²) >= 11 is 1.94. The number of nitrogens with zero attached hydrogens (tertiary/aromatic N) is 3. The molecule has 11 nitrogen and oxygen atoms in total. The molecular weight excluding hydrogens is 552 g/mol. The summed E-state index contributed by atoms with van der Waals surface area (Å²) in [5.41, 5.74) is 1.34. The van der Waals surface area contributed by atoms with Gasteiger partial charge in [0.2, 0.25) is 5.91 Å². The summed E-state index contributed by atoms with van der Waals surface area (Å²) in [7, 11) is -1.27. The van der Waals surface area contributed by atoms with Gasteiger partial charge in [0, 0.05) is 6.54 Å². The highest BCUT2D eigenvalue weighted by atomic mass is 32.2. The van der Waals surface area contributed by atoms with Gasteiger partial charge in [0.05, 0.1) is 30.4 Å². The van der Waals surface area contributed by atoms with E-state index in [0.29, 0.717) is 10.7 Å². The number of amides is 1. The molecule has 0 spiro atoms. The molecule has 0 unspecified atom stereocenters. The lowest BCUT2D eigenvalue weighted by Crippen LogP contribution is -2.17. The van der Waals surface area contributed by atoms with Crippen LogP contribution in [0.15, 0.2) is 47.0 Å². The maximum atomic E-state index is 12.9. The summed E-state index contributed by atoms with van der Waals surface area (Å²) in [6.07, 6.45) is 1.57. The maximum Gasteiger partial charge on any atom is 0.348 e. The van der Waals surface area contributed by atoms with E-state index in [-0.39, 0.29) is 44.2 Å². The first-order valence-electron chi connectivity index (χ1n) is 11.1.